The molecule has 0 bridgehead atoms. The molecule has 0 saturated heterocycles. The van der Waals surface area contributed by atoms with Gasteiger partial charge >= 0.3 is 5.97 Å². The van der Waals surface area contributed by atoms with Gasteiger partial charge in [0.15, 0.2) is 0 Å². The Hall–Kier alpha value is -2.89. The van der Waals surface area contributed by atoms with Crippen LogP contribution in [0.2, 0.25) is 0 Å². The van der Waals surface area contributed by atoms with Crippen LogP contribution in [0.25, 0.3) is 0 Å². The van der Waals surface area contributed by atoms with E-state index >= 15 is 0 Å². The Bertz CT molecular complexity index is 727. The smallest absolute Gasteiger partial charge is 0.337 e. The molecule has 0 spiro atoms. The van der Waals surface area contributed by atoms with Gasteiger partial charge in [-0.2, -0.15) is 0 Å². The molecule has 2 rings (SSSR count). The number of rotatable bonds is 6. The van der Waals surface area contributed by atoms with Gasteiger partial charge in [0, 0.05) is 25.0 Å². The van der Waals surface area contributed by atoms with Crippen molar-refractivity contribution in [1.29, 1.82) is 0 Å². The van der Waals surface area contributed by atoms with Crippen molar-refractivity contribution in [3.05, 3.63) is 53.9 Å². The lowest BCUT2D eigenvalue weighted by Crippen LogP contribution is -2.22. The number of anilines is 2. The molecule has 2 aromatic rings. The number of benzene rings is 1. The summed E-state index contributed by atoms with van der Waals surface area (Å²) in [5.41, 5.74) is 2.26. The van der Waals surface area contributed by atoms with Crippen LogP contribution in [0.1, 0.15) is 34.6 Å². The Balaban J connectivity index is 2.18. The molecule has 1 amide bonds. The van der Waals surface area contributed by atoms with Gasteiger partial charge in [-0.05, 0) is 38.1 Å². The van der Waals surface area contributed by atoms with Crippen LogP contribution in [0.15, 0.2) is 42.7 Å². The van der Waals surface area contributed by atoms with E-state index in [0.29, 0.717) is 16.8 Å². The Morgan fingerprint density at radius 2 is 1.88 bits per heavy atom. The monoisotopic (exact) mass is 327 g/mol. The number of carbonyl (C=O) groups is 2. The number of esters is 1. The standard InChI is InChI=1S/C18H21N3O3/c1-4-21(5-2)16-10-14(11-19-12-16)17(22)20-15-8-6-7-13(9-15)18(23)24-3/h6-12H,4-5H2,1-3H3,(H,20,22). The Morgan fingerprint density at radius 1 is 1.12 bits per heavy atom. The molecule has 0 atom stereocenters. The minimum Gasteiger partial charge on any atom is -0.465 e. The van der Waals surface area contributed by atoms with E-state index in [9.17, 15) is 9.59 Å². The van der Waals surface area contributed by atoms with Crippen LogP contribution in [0.4, 0.5) is 11.4 Å². The van der Waals surface area contributed by atoms with E-state index in [1.54, 1.807) is 36.5 Å². The van der Waals surface area contributed by atoms with E-state index in [4.69, 9.17) is 0 Å². The van der Waals surface area contributed by atoms with Gasteiger partial charge in [0.2, 0.25) is 0 Å². The van der Waals surface area contributed by atoms with Crippen LogP contribution in [0.5, 0.6) is 0 Å². The van der Waals surface area contributed by atoms with Gasteiger partial charge in [-0.1, -0.05) is 6.07 Å². The number of nitrogens with one attached hydrogen (secondary N) is 1. The lowest BCUT2D eigenvalue weighted by atomic mass is 10.2. The third-order valence-corrected chi connectivity index (χ3v) is 3.66. The molecule has 126 valence electrons. The summed E-state index contributed by atoms with van der Waals surface area (Å²) in [6.45, 7) is 5.78. The molecular weight excluding hydrogens is 306 g/mol. The van der Waals surface area contributed by atoms with Crippen LogP contribution in [0.3, 0.4) is 0 Å². The van der Waals surface area contributed by atoms with Crippen molar-refractivity contribution in [1.82, 2.24) is 4.98 Å². The molecule has 0 fully saturated rings. The molecule has 0 aliphatic heterocycles. The van der Waals surface area contributed by atoms with E-state index in [1.807, 2.05) is 0 Å². The van der Waals surface area contributed by atoms with Crippen LogP contribution in [0, 0.1) is 0 Å². The van der Waals surface area contributed by atoms with Gasteiger partial charge in [-0.15, -0.1) is 0 Å². The number of hydrogen-bond acceptors (Lipinski definition) is 5. The molecule has 0 unspecified atom stereocenters. The van der Waals surface area contributed by atoms with Gasteiger partial charge in [0.25, 0.3) is 5.91 Å². The zero-order valence-corrected chi connectivity index (χ0v) is 14.1. The number of hydrogen-bond donors (Lipinski definition) is 1. The van der Waals surface area contributed by atoms with Crippen LogP contribution >= 0.6 is 0 Å². The second-order valence-corrected chi connectivity index (χ2v) is 5.13. The van der Waals surface area contributed by atoms with Gasteiger partial charge in [-0.3, -0.25) is 9.78 Å². The highest BCUT2D eigenvalue weighted by atomic mass is 16.5. The average Bonchev–Trinajstić information content (AvgIpc) is 2.62. The fourth-order valence-corrected chi connectivity index (χ4v) is 2.36. The summed E-state index contributed by atoms with van der Waals surface area (Å²) in [5, 5.41) is 2.77. The minimum atomic E-state index is -0.448. The summed E-state index contributed by atoms with van der Waals surface area (Å²) in [5.74, 6) is -0.727. The highest BCUT2D eigenvalue weighted by molar-refractivity contribution is 6.05. The number of pyridine rings is 1. The highest BCUT2D eigenvalue weighted by Crippen LogP contribution is 2.17. The third-order valence-electron chi connectivity index (χ3n) is 3.66. The number of nitrogens with zero attached hydrogens (tertiary/aromatic N) is 2. The number of aromatic nitrogens is 1. The molecule has 0 saturated carbocycles. The molecule has 0 aliphatic carbocycles. The first-order chi connectivity index (χ1) is 11.6. The highest BCUT2D eigenvalue weighted by Gasteiger charge is 2.11. The van der Waals surface area contributed by atoms with Gasteiger partial charge in [0.1, 0.15) is 0 Å². The largest absolute Gasteiger partial charge is 0.465 e. The molecule has 0 aliphatic rings. The Kier molecular flexibility index (Phi) is 5.89. The summed E-state index contributed by atoms with van der Waals surface area (Å²) in [4.78, 5) is 30.2. The van der Waals surface area contributed by atoms with E-state index in [1.165, 1.54) is 13.3 Å². The predicted molar refractivity (Wildman–Crippen MR) is 93.5 cm³/mol. The van der Waals surface area contributed by atoms with E-state index in [-0.39, 0.29) is 5.91 Å². The molecule has 1 heterocycles. The number of methoxy groups -OCH3 is 1. The maximum absolute atomic E-state index is 12.4. The molecule has 6 heteroatoms. The Labute approximate surface area is 141 Å². The lowest BCUT2D eigenvalue weighted by molar-refractivity contribution is 0.0600. The molecule has 1 N–H and O–H groups in total. The topological polar surface area (TPSA) is 71.5 Å². The van der Waals surface area contributed by atoms with Crippen molar-refractivity contribution in [2.75, 3.05) is 30.4 Å². The van der Waals surface area contributed by atoms with E-state index in [2.05, 4.69) is 33.8 Å². The molecule has 6 nitrogen and oxygen atoms in total. The normalized spacial score (nSPS) is 10.1. The van der Waals surface area contributed by atoms with Gasteiger partial charge in [0.05, 0.1) is 30.1 Å². The molecule has 1 aromatic heterocycles. The third kappa shape index (κ3) is 4.10. The first kappa shape index (κ1) is 17.5. The maximum atomic E-state index is 12.4. The summed E-state index contributed by atoms with van der Waals surface area (Å²) >= 11 is 0. The van der Waals surface area contributed by atoms with Crippen molar-refractivity contribution in [3.63, 3.8) is 0 Å². The number of carbonyl (C=O) groups excluding carboxylic acids is 2. The maximum Gasteiger partial charge on any atom is 0.337 e. The molecule has 0 radical (unpaired) electrons. The summed E-state index contributed by atoms with van der Waals surface area (Å²) in [6.07, 6.45) is 3.26. The van der Waals surface area contributed by atoms with Gasteiger partial charge < -0.3 is 15.0 Å². The van der Waals surface area contributed by atoms with Crippen molar-refractivity contribution in [2.45, 2.75) is 13.8 Å². The lowest BCUT2D eigenvalue weighted by Gasteiger charge is -2.20. The Morgan fingerprint density at radius 3 is 2.54 bits per heavy atom. The van der Waals surface area contributed by atoms with Crippen molar-refractivity contribution in [2.24, 2.45) is 0 Å². The fraction of sp³-hybridized carbons (Fsp3) is 0.278. The average molecular weight is 327 g/mol. The number of ether oxygens (including phenoxy) is 1. The molecular formula is C18H21N3O3. The second kappa shape index (κ2) is 8.10. The quantitative estimate of drug-likeness (QED) is 0.826. The number of amides is 1. The van der Waals surface area contributed by atoms with Crippen LogP contribution in [-0.4, -0.2) is 37.1 Å². The fourth-order valence-electron chi connectivity index (χ4n) is 2.36. The molecule has 24 heavy (non-hydrogen) atoms. The predicted octanol–water partition coefficient (Wildman–Crippen LogP) is 2.97. The second-order valence-electron chi connectivity index (χ2n) is 5.13. The zero-order chi connectivity index (χ0) is 17.5. The van der Waals surface area contributed by atoms with Gasteiger partial charge in [-0.25, -0.2) is 4.79 Å². The first-order valence-corrected chi connectivity index (χ1v) is 7.78. The SMILES string of the molecule is CCN(CC)c1cncc(C(=O)Nc2cccc(C(=O)OC)c2)c1. The minimum absolute atomic E-state index is 0.279. The summed E-state index contributed by atoms with van der Waals surface area (Å²) in [7, 11) is 1.32. The van der Waals surface area contributed by atoms with E-state index < -0.39 is 5.97 Å². The summed E-state index contributed by atoms with van der Waals surface area (Å²) in [6, 6.07) is 8.41. The van der Waals surface area contributed by atoms with Crippen molar-refractivity contribution in [3.8, 4) is 0 Å². The van der Waals surface area contributed by atoms with Crippen molar-refractivity contribution >= 4 is 23.3 Å². The summed E-state index contributed by atoms with van der Waals surface area (Å²) < 4.78 is 4.68. The van der Waals surface area contributed by atoms with E-state index in [0.717, 1.165) is 18.8 Å². The zero-order valence-electron chi connectivity index (χ0n) is 14.1. The van der Waals surface area contributed by atoms with Crippen LogP contribution in [-0.2, 0) is 4.74 Å². The first-order valence-electron chi connectivity index (χ1n) is 7.78. The molecule has 1 aromatic carbocycles. The van der Waals surface area contributed by atoms with Crippen molar-refractivity contribution < 1.29 is 14.3 Å². The van der Waals surface area contributed by atoms with Crippen LogP contribution < -0.4 is 10.2 Å².